The van der Waals surface area contributed by atoms with Gasteiger partial charge < -0.3 is 15.2 Å². The van der Waals surface area contributed by atoms with Gasteiger partial charge in [0, 0.05) is 24.8 Å². The predicted octanol–water partition coefficient (Wildman–Crippen LogP) is 1.94. The van der Waals surface area contributed by atoms with Crippen LogP contribution in [0.1, 0.15) is 38.3 Å². The molecule has 0 saturated carbocycles. The first-order chi connectivity index (χ1) is 8.86. The number of hydrogen-bond donors (Lipinski definition) is 2. The highest BCUT2D eigenvalue weighted by molar-refractivity contribution is 5.32. The van der Waals surface area contributed by atoms with Crippen molar-refractivity contribution in [2.45, 2.75) is 45.1 Å². The second-order valence-corrected chi connectivity index (χ2v) is 5.64. The summed E-state index contributed by atoms with van der Waals surface area (Å²) in [6.07, 6.45) is 8.39. The lowest BCUT2D eigenvalue weighted by atomic mass is 9.90. The molecule has 0 radical (unpaired) electrons. The van der Waals surface area contributed by atoms with Crippen molar-refractivity contribution in [3.8, 4) is 0 Å². The molecule has 2 saturated heterocycles. The second kappa shape index (κ2) is 5.31. The highest BCUT2D eigenvalue weighted by atomic mass is 15.3. The number of hydrogen-bond acceptors (Lipinski definition) is 3. The van der Waals surface area contributed by atoms with Crippen LogP contribution in [0.15, 0.2) is 6.20 Å². The van der Waals surface area contributed by atoms with E-state index in [1.54, 1.807) is 0 Å². The van der Waals surface area contributed by atoms with Gasteiger partial charge in [-0.05, 0) is 44.6 Å². The van der Waals surface area contributed by atoms with E-state index < -0.39 is 0 Å². The van der Waals surface area contributed by atoms with E-state index in [-0.39, 0.29) is 0 Å². The zero-order valence-electron chi connectivity index (χ0n) is 11.3. The Balaban J connectivity index is 1.65. The second-order valence-electron chi connectivity index (χ2n) is 5.64. The minimum atomic E-state index is 0.744. The largest absolute Gasteiger partial charge is 0.342 e. The fraction of sp³-hybridized carbons (Fsp3) is 0.786. The zero-order valence-corrected chi connectivity index (χ0v) is 11.3. The van der Waals surface area contributed by atoms with E-state index in [0.29, 0.717) is 0 Å². The Morgan fingerprint density at radius 3 is 3.06 bits per heavy atom. The number of aromatic nitrogens is 2. The molecule has 4 nitrogen and oxygen atoms in total. The lowest BCUT2D eigenvalue weighted by molar-refractivity contribution is 0.327. The van der Waals surface area contributed by atoms with Gasteiger partial charge in [-0.2, -0.15) is 0 Å². The summed E-state index contributed by atoms with van der Waals surface area (Å²) in [6, 6.07) is 0.744. The molecule has 18 heavy (non-hydrogen) atoms. The van der Waals surface area contributed by atoms with Gasteiger partial charge in [-0.3, -0.25) is 0 Å². The molecule has 2 aliphatic heterocycles. The monoisotopic (exact) mass is 248 g/mol. The van der Waals surface area contributed by atoms with Crippen LogP contribution < -0.4 is 10.2 Å². The van der Waals surface area contributed by atoms with Crippen LogP contribution in [-0.4, -0.2) is 35.6 Å². The lowest BCUT2D eigenvalue weighted by Crippen LogP contribution is -2.43. The molecule has 0 amide bonds. The van der Waals surface area contributed by atoms with Crippen LogP contribution >= 0.6 is 0 Å². The molecule has 1 aromatic heterocycles. The van der Waals surface area contributed by atoms with Gasteiger partial charge in [0.05, 0.1) is 6.20 Å². The van der Waals surface area contributed by atoms with Gasteiger partial charge in [-0.25, -0.2) is 4.98 Å². The number of imidazole rings is 1. The first kappa shape index (κ1) is 12.0. The van der Waals surface area contributed by atoms with Gasteiger partial charge in [-0.15, -0.1) is 0 Å². The maximum absolute atomic E-state index is 4.52. The first-order valence-electron chi connectivity index (χ1n) is 7.39. The third-order valence-corrected chi connectivity index (χ3v) is 4.42. The molecule has 2 atom stereocenters. The molecule has 2 unspecified atom stereocenters. The van der Waals surface area contributed by atoms with E-state index in [9.17, 15) is 0 Å². The van der Waals surface area contributed by atoms with Crippen LogP contribution in [0.2, 0.25) is 0 Å². The number of aryl methyl sites for hydroxylation is 1. The van der Waals surface area contributed by atoms with Crippen LogP contribution in [0, 0.1) is 5.92 Å². The number of aromatic amines is 1. The summed E-state index contributed by atoms with van der Waals surface area (Å²) in [6.45, 7) is 5.69. The van der Waals surface area contributed by atoms with E-state index in [4.69, 9.17) is 0 Å². The molecule has 0 spiro atoms. The number of nitrogens with zero attached hydrogens (tertiary/aromatic N) is 2. The van der Waals surface area contributed by atoms with Crippen molar-refractivity contribution in [1.29, 1.82) is 0 Å². The SMILES string of the molecule is CCc1cnc(N2CCCC(C3CCCN3)C2)[nH]1. The van der Waals surface area contributed by atoms with Gasteiger partial charge in [0.15, 0.2) is 0 Å². The summed E-state index contributed by atoms with van der Waals surface area (Å²) in [4.78, 5) is 10.4. The zero-order chi connectivity index (χ0) is 12.4. The fourth-order valence-electron chi connectivity index (χ4n) is 3.33. The minimum Gasteiger partial charge on any atom is -0.342 e. The van der Waals surface area contributed by atoms with E-state index in [2.05, 4.69) is 27.1 Å². The summed E-state index contributed by atoms with van der Waals surface area (Å²) >= 11 is 0. The Kier molecular flexibility index (Phi) is 3.55. The molecule has 0 bridgehead atoms. The third kappa shape index (κ3) is 2.39. The number of H-pyrrole nitrogens is 1. The standard InChI is InChI=1S/C14H24N4/c1-2-12-9-16-14(17-12)18-8-4-5-11(10-18)13-6-3-7-15-13/h9,11,13,15H,2-8,10H2,1H3,(H,16,17). The van der Waals surface area contributed by atoms with Crippen molar-refractivity contribution in [2.75, 3.05) is 24.5 Å². The smallest absolute Gasteiger partial charge is 0.202 e. The van der Waals surface area contributed by atoms with Gasteiger partial charge in [0.2, 0.25) is 5.95 Å². The van der Waals surface area contributed by atoms with E-state index in [1.165, 1.54) is 37.9 Å². The number of nitrogens with one attached hydrogen (secondary N) is 2. The fourth-order valence-corrected chi connectivity index (χ4v) is 3.33. The summed E-state index contributed by atoms with van der Waals surface area (Å²) in [5.74, 6) is 1.88. The third-order valence-electron chi connectivity index (χ3n) is 4.42. The first-order valence-corrected chi connectivity index (χ1v) is 7.39. The van der Waals surface area contributed by atoms with E-state index in [0.717, 1.165) is 37.4 Å². The number of rotatable bonds is 3. The Morgan fingerprint density at radius 1 is 1.39 bits per heavy atom. The molecule has 2 fully saturated rings. The van der Waals surface area contributed by atoms with Crippen molar-refractivity contribution in [1.82, 2.24) is 15.3 Å². The molecular formula is C14H24N4. The molecule has 3 rings (SSSR count). The summed E-state index contributed by atoms with van der Waals surface area (Å²) in [7, 11) is 0. The summed E-state index contributed by atoms with van der Waals surface area (Å²) in [5.41, 5.74) is 1.24. The Morgan fingerprint density at radius 2 is 2.33 bits per heavy atom. The van der Waals surface area contributed by atoms with Gasteiger partial charge in [-0.1, -0.05) is 6.92 Å². The molecule has 0 aliphatic carbocycles. The summed E-state index contributed by atoms with van der Waals surface area (Å²) < 4.78 is 0. The van der Waals surface area contributed by atoms with Gasteiger partial charge in [0.1, 0.15) is 0 Å². The molecule has 3 heterocycles. The topological polar surface area (TPSA) is 44.0 Å². The van der Waals surface area contributed by atoms with Crippen molar-refractivity contribution < 1.29 is 0 Å². The highest BCUT2D eigenvalue weighted by Crippen LogP contribution is 2.26. The van der Waals surface area contributed by atoms with Crippen LogP contribution in [0.4, 0.5) is 5.95 Å². The quantitative estimate of drug-likeness (QED) is 0.859. The van der Waals surface area contributed by atoms with E-state index >= 15 is 0 Å². The lowest BCUT2D eigenvalue weighted by Gasteiger charge is -2.35. The van der Waals surface area contributed by atoms with E-state index in [1.807, 2.05) is 6.20 Å². The van der Waals surface area contributed by atoms with Crippen molar-refractivity contribution in [2.24, 2.45) is 5.92 Å². The normalized spacial score (nSPS) is 28.8. The van der Waals surface area contributed by atoms with Gasteiger partial charge in [0.25, 0.3) is 0 Å². The Labute approximate surface area is 109 Å². The minimum absolute atomic E-state index is 0.744. The molecular weight excluding hydrogens is 224 g/mol. The summed E-state index contributed by atoms with van der Waals surface area (Å²) in [5, 5.41) is 3.66. The van der Waals surface area contributed by atoms with Crippen LogP contribution in [0.3, 0.4) is 0 Å². The average Bonchev–Trinajstić information content (AvgIpc) is 3.10. The molecule has 1 aromatic rings. The number of anilines is 1. The average molecular weight is 248 g/mol. The molecule has 2 aliphatic rings. The Bertz CT molecular complexity index is 381. The van der Waals surface area contributed by atoms with Crippen LogP contribution in [0.25, 0.3) is 0 Å². The molecule has 4 heteroatoms. The predicted molar refractivity (Wildman–Crippen MR) is 73.9 cm³/mol. The van der Waals surface area contributed by atoms with Crippen molar-refractivity contribution in [3.63, 3.8) is 0 Å². The maximum atomic E-state index is 4.52. The molecule has 2 N–H and O–H groups in total. The van der Waals surface area contributed by atoms with Crippen molar-refractivity contribution in [3.05, 3.63) is 11.9 Å². The molecule has 100 valence electrons. The van der Waals surface area contributed by atoms with Gasteiger partial charge >= 0.3 is 0 Å². The van der Waals surface area contributed by atoms with Crippen LogP contribution in [0.5, 0.6) is 0 Å². The highest BCUT2D eigenvalue weighted by Gasteiger charge is 2.29. The Hall–Kier alpha value is -1.03. The molecule has 0 aromatic carbocycles. The number of piperidine rings is 1. The maximum Gasteiger partial charge on any atom is 0.202 e. The van der Waals surface area contributed by atoms with Crippen molar-refractivity contribution >= 4 is 5.95 Å². The van der Waals surface area contributed by atoms with Crippen LogP contribution in [-0.2, 0) is 6.42 Å².